The van der Waals surface area contributed by atoms with E-state index in [-0.39, 0.29) is 17.9 Å². The first-order valence-electron chi connectivity index (χ1n) is 7.19. The average molecular weight is 292 g/mol. The summed E-state index contributed by atoms with van der Waals surface area (Å²) in [7, 11) is 3.19. The summed E-state index contributed by atoms with van der Waals surface area (Å²) < 4.78 is 31.3. The van der Waals surface area contributed by atoms with Crippen LogP contribution in [0, 0.1) is 11.8 Å². The number of alkyl halides is 2. The Morgan fingerprint density at radius 3 is 2.35 bits per heavy atom. The first-order valence-corrected chi connectivity index (χ1v) is 7.19. The lowest BCUT2D eigenvalue weighted by Gasteiger charge is -2.35. The summed E-state index contributed by atoms with van der Waals surface area (Å²) in [5.74, 6) is 0.170. The highest BCUT2D eigenvalue weighted by atomic mass is 19.3. The van der Waals surface area contributed by atoms with E-state index in [1.165, 1.54) is 4.90 Å². The Kier molecular flexibility index (Phi) is 6.65. The summed E-state index contributed by atoms with van der Waals surface area (Å²) >= 11 is 0. The van der Waals surface area contributed by atoms with Crippen LogP contribution < -0.4 is 5.32 Å². The molecule has 2 amide bonds. The van der Waals surface area contributed by atoms with E-state index in [2.05, 4.69) is 5.32 Å². The summed E-state index contributed by atoms with van der Waals surface area (Å²) in [6.45, 7) is 4.38. The van der Waals surface area contributed by atoms with Crippen LogP contribution in [0.1, 0.15) is 33.1 Å². The Bertz CT molecular complexity index is 310. The molecule has 1 aliphatic carbocycles. The molecule has 1 aliphatic rings. The normalized spacial score (nSPS) is 18.8. The molecule has 1 unspecified atom stereocenters. The van der Waals surface area contributed by atoms with Gasteiger partial charge in [-0.15, -0.1) is 0 Å². The first-order chi connectivity index (χ1) is 9.36. The van der Waals surface area contributed by atoms with Crippen molar-refractivity contribution in [3.8, 4) is 0 Å². The van der Waals surface area contributed by atoms with E-state index in [0.717, 1.165) is 19.3 Å². The van der Waals surface area contributed by atoms with Crippen molar-refractivity contribution in [2.24, 2.45) is 11.8 Å². The number of urea groups is 1. The highest BCUT2D eigenvalue weighted by Gasteiger charge is 2.35. The molecule has 1 saturated carbocycles. The number of methoxy groups -OCH3 is 1. The van der Waals surface area contributed by atoms with Crippen LogP contribution in [0.15, 0.2) is 0 Å². The van der Waals surface area contributed by atoms with Crippen LogP contribution in [0.25, 0.3) is 0 Å². The van der Waals surface area contributed by atoms with Gasteiger partial charge in [-0.05, 0) is 24.7 Å². The van der Waals surface area contributed by atoms with E-state index in [0.29, 0.717) is 6.54 Å². The molecular weight excluding hydrogens is 266 g/mol. The maximum absolute atomic E-state index is 13.0. The number of carbonyl (C=O) groups excluding carboxylic acids is 1. The number of amides is 2. The molecule has 1 N–H and O–H groups in total. The molecule has 0 aromatic rings. The van der Waals surface area contributed by atoms with Gasteiger partial charge in [-0.1, -0.05) is 20.3 Å². The van der Waals surface area contributed by atoms with E-state index in [9.17, 15) is 13.6 Å². The van der Waals surface area contributed by atoms with Gasteiger partial charge in [0.1, 0.15) is 0 Å². The second kappa shape index (κ2) is 7.76. The SMILES string of the molecule is COC(CN(C)C(=O)N[C@@H](C(F)F)C1CCC1)C(C)C. The lowest BCUT2D eigenvalue weighted by Crippen LogP contribution is -2.52. The molecule has 1 fully saturated rings. The third kappa shape index (κ3) is 4.58. The number of hydrogen-bond acceptors (Lipinski definition) is 2. The van der Waals surface area contributed by atoms with Gasteiger partial charge < -0.3 is 15.0 Å². The van der Waals surface area contributed by atoms with Crippen LogP contribution in [0.5, 0.6) is 0 Å². The molecule has 2 atom stereocenters. The maximum atomic E-state index is 13.0. The van der Waals surface area contributed by atoms with Gasteiger partial charge in [-0.25, -0.2) is 13.6 Å². The van der Waals surface area contributed by atoms with Gasteiger partial charge in [0.05, 0.1) is 12.1 Å². The molecule has 0 aromatic carbocycles. The molecule has 0 heterocycles. The quantitative estimate of drug-likeness (QED) is 0.784. The fraction of sp³-hybridized carbons (Fsp3) is 0.929. The maximum Gasteiger partial charge on any atom is 0.317 e. The number of hydrogen-bond donors (Lipinski definition) is 1. The minimum absolute atomic E-state index is 0.0873. The number of halogens is 2. The van der Waals surface area contributed by atoms with Crippen molar-refractivity contribution in [2.45, 2.75) is 51.7 Å². The van der Waals surface area contributed by atoms with Crippen molar-refractivity contribution in [1.29, 1.82) is 0 Å². The van der Waals surface area contributed by atoms with Crippen molar-refractivity contribution in [3.05, 3.63) is 0 Å². The number of rotatable bonds is 7. The summed E-state index contributed by atoms with van der Waals surface area (Å²) in [6.07, 6.45) is -0.101. The minimum Gasteiger partial charge on any atom is -0.379 e. The standard InChI is InChI=1S/C14H26F2N2O2/c1-9(2)11(20-4)8-18(3)14(19)17-12(13(15)16)10-6-5-7-10/h9-13H,5-8H2,1-4H3,(H,17,19)/t11?,12-/m1/s1. The van der Waals surface area contributed by atoms with Crippen LogP contribution in [0.2, 0.25) is 0 Å². The predicted molar refractivity (Wildman–Crippen MR) is 73.9 cm³/mol. The van der Waals surface area contributed by atoms with E-state index >= 15 is 0 Å². The molecular formula is C14H26F2N2O2. The van der Waals surface area contributed by atoms with Crippen molar-refractivity contribution >= 4 is 6.03 Å². The minimum atomic E-state index is -2.51. The third-order valence-corrected chi connectivity index (χ3v) is 4.07. The molecule has 6 heteroatoms. The van der Waals surface area contributed by atoms with Crippen LogP contribution in [0.4, 0.5) is 13.6 Å². The van der Waals surface area contributed by atoms with Gasteiger partial charge in [-0.3, -0.25) is 0 Å². The van der Waals surface area contributed by atoms with E-state index in [4.69, 9.17) is 4.74 Å². The molecule has 0 spiro atoms. The highest BCUT2D eigenvalue weighted by Crippen LogP contribution is 2.32. The Hall–Kier alpha value is -0.910. The molecule has 20 heavy (non-hydrogen) atoms. The first kappa shape index (κ1) is 17.1. The number of likely N-dealkylation sites (N-methyl/N-ethyl adjacent to an activating group) is 1. The van der Waals surface area contributed by atoms with Crippen molar-refractivity contribution in [3.63, 3.8) is 0 Å². The second-order valence-electron chi connectivity index (χ2n) is 5.90. The molecule has 0 radical (unpaired) electrons. The second-order valence-corrected chi connectivity index (χ2v) is 5.90. The lowest BCUT2D eigenvalue weighted by atomic mass is 9.80. The molecule has 0 aromatic heterocycles. The van der Waals surface area contributed by atoms with Crippen LogP contribution in [-0.2, 0) is 4.74 Å². The molecule has 0 aliphatic heterocycles. The molecule has 1 rings (SSSR count). The average Bonchev–Trinajstić information content (AvgIpc) is 2.31. The van der Waals surface area contributed by atoms with Gasteiger partial charge in [0, 0.05) is 20.7 Å². The lowest BCUT2D eigenvalue weighted by molar-refractivity contribution is 0.0345. The summed E-state index contributed by atoms with van der Waals surface area (Å²) in [5.41, 5.74) is 0. The topological polar surface area (TPSA) is 41.6 Å². The van der Waals surface area contributed by atoms with Crippen molar-refractivity contribution in [1.82, 2.24) is 10.2 Å². The smallest absolute Gasteiger partial charge is 0.317 e. The fourth-order valence-electron chi connectivity index (χ4n) is 2.35. The van der Waals surface area contributed by atoms with Crippen molar-refractivity contribution < 1.29 is 18.3 Å². The van der Waals surface area contributed by atoms with E-state index in [1.54, 1.807) is 14.2 Å². The van der Waals surface area contributed by atoms with Gasteiger partial charge in [0.15, 0.2) is 0 Å². The van der Waals surface area contributed by atoms with Crippen molar-refractivity contribution in [2.75, 3.05) is 20.7 Å². The highest BCUT2D eigenvalue weighted by molar-refractivity contribution is 5.74. The molecule has 118 valence electrons. The molecule has 0 bridgehead atoms. The zero-order valence-electron chi connectivity index (χ0n) is 12.7. The third-order valence-electron chi connectivity index (χ3n) is 4.07. The zero-order valence-corrected chi connectivity index (χ0v) is 12.7. The van der Waals surface area contributed by atoms with E-state index < -0.39 is 18.5 Å². The largest absolute Gasteiger partial charge is 0.379 e. The predicted octanol–water partition coefficient (Wildman–Crippen LogP) is 2.73. The van der Waals surface area contributed by atoms with Gasteiger partial charge in [0.25, 0.3) is 6.43 Å². The Morgan fingerprint density at radius 1 is 1.40 bits per heavy atom. The summed E-state index contributed by atoms with van der Waals surface area (Å²) in [6, 6.07) is -1.48. The van der Waals surface area contributed by atoms with Gasteiger partial charge >= 0.3 is 6.03 Å². The van der Waals surface area contributed by atoms with E-state index in [1.807, 2.05) is 13.8 Å². The number of ether oxygens (including phenoxy) is 1. The Morgan fingerprint density at radius 2 is 2.00 bits per heavy atom. The molecule has 4 nitrogen and oxygen atoms in total. The summed E-state index contributed by atoms with van der Waals surface area (Å²) in [4.78, 5) is 13.4. The number of nitrogens with one attached hydrogen (secondary N) is 1. The molecule has 0 saturated heterocycles. The zero-order chi connectivity index (χ0) is 15.3. The van der Waals surface area contributed by atoms with Crippen LogP contribution >= 0.6 is 0 Å². The Balaban J connectivity index is 2.50. The van der Waals surface area contributed by atoms with Crippen LogP contribution in [-0.4, -0.2) is 50.2 Å². The van der Waals surface area contributed by atoms with Gasteiger partial charge in [-0.2, -0.15) is 0 Å². The number of carbonyl (C=O) groups is 1. The van der Waals surface area contributed by atoms with Crippen LogP contribution in [0.3, 0.4) is 0 Å². The monoisotopic (exact) mass is 292 g/mol. The summed E-state index contributed by atoms with van der Waals surface area (Å²) in [5, 5.41) is 2.47. The number of nitrogens with zero attached hydrogens (tertiary/aromatic N) is 1. The fourth-order valence-corrected chi connectivity index (χ4v) is 2.35. The Labute approximate surface area is 119 Å². The van der Waals surface area contributed by atoms with Gasteiger partial charge in [0.2, 0.25) is 0 Å².